The van der Waals surface area contributed by atoms with Crippen LogP contribution >= 0.6 is 0 Å². The third-order valence-corrected chi connectivity index (χ3v) is 3.75. The first-order valence-electron chi connectivity index (χ1n) is 6.38. The fourth-order valence-electron chi connectivity index (χ4n) is 2.40. The van der Waals surface area contributed by atoms with Gasteiger partial charge in [-0.15, -0.1) is 0 Å². The van der Waals surface area contributed by atoms with Crippen molar-refractivity contribution in [2.75, 3.05) is 26.3 Å². The third-order valence-electron chi connectivity index (χ3n) is 3.75. The van der Waals surface area contributed by atoms with Gasteiger partial charge in [0.15, 0.2) is 11.6 Å². The second-order valence-corrected chi connectivity index (χ2v) is 5.33. The van der Waals surface area contributed by atoms with Crippen molar-refractivity contribution < 1.29 is 18.6 Å². The van der Waals surface area contributed by atoms with E-state index in [9.17, 15) is 13.9 Å². The van der Waals surface area contributed by atoms with E-state index in [1.165, 1.54) is 6.07 Å². The Kier molecular flexibility index (Phi) is 4.18. The molecule has 1 fully saturated rings. The van der Waals surface area contributed by atoms with E-state index < -0.39 is 23.3 Å². The van der Waals surface area contributed by atoms with E-state index in [1.54, 1.807) is 0 Å². The van der Waals surface area contributed by atoms with Crippen LogP contribution in [-0.4, -0.2) is 41.8 Å². The van der Waals surface area contributed by atoms with E-state index >= 15 is 0 Å². The molecule has 3 nitrogen and oxygen atoms in total. The van der Waals surface area contributed by atoms with Crippen molar-refractivity contribution in [3.05, 3.63) is 35.4 Å². The van der Waals surface area contributed by atoms with Crippen molar-refractivity contribution in [2.45, 2.75) is 25.5 Å². The Bertz CT molecular complexity index is 445. The lowest BCUT2D eigenvalue weighted by molar-refractivity contribution is -0.0631. The minimum atomic E-state index is -0.936. The first kappa shape index (κ1) is 14.4. The fourth-order valence-corrected chi connectivity index (χ4v) is 2.40. The summed E-state index contributed by atoms with van der Waals surface area (Å²) in [7, 11) is 0. The van der Waals surface area contributed by atoms with Crippen LogP contribution in [0.15, 0.2) is 18.2 Å². The van der Waals surface area contributed by atoms with Crippen molar-refractivity contribution in [2.24, 2.45) is 0 Å². The average molecular weight is 271 g/mol. The molecule has 0 aliphatic carbocycles. The van der Waals surface area contributed by atoms with E-state index in [-0.39, 0.29) is 0 Å². The van der Waals surface area contributed by atoms with Crippen molar-refractivity contribution in [1.82, 2.24) is 4.90 Å². The summed E-state index contributed by atoms with van der Waals surface area (Å²) in [6.45, 7) is 6.46. The highest BCUT2D eigenvalue weighted by Gasteiger charge is 2.36. The lowest BCUT2D eigenvalue weighted by Crippen LogP contribution is -2.53. The first-order chi connectivity index (χ1) is 8.93. The van der Waals surface area contributed by atoms with Gasteiger partial charge in [0.2, 0.25) is 0 Å². The number of rotatable bonds is 3. The van der Waals surface area contributed by atoms with Gasteiger partial charge in [0.05, 0.1) is 19.3 Å². The van der Waals surface area contributed by atoms with Gasteiger partial charge in [-0.3, -0.25) is 4.90 Å². The maximum atomic E-state index is 13.3. The zero-order valence-corrected chi connectivity index (χ0v) is 11.2. The molecule has 19 heavy (non-hydrogen) atoms. The summed E-state index contributed by atoms with van der Waals surface area (Å²) in [6.07, 6.45) is -0.888. The molecule has 1 atom stereocenters. The lowest BCUT2D eigenvalue weighted by atomic mass is 9.89. The highest BCUT2D eigenvalue weighted by atomic mass is 19.2. The Morgan fingerprint density at radius 3 is 2.42 bits per heavy atom. The predicted octanol–water partition coefficient (Wildman–Crippen LogP) is 2.11. The van der Waals surface area contributed by atoms with E-state index in [0.29, 0.717) is 31.9 Å². The predicted molar refractivity (Wildman–Crippen MR) is 67.8 cm³/mol. The molecule has 1 aromatic carbocycles. The molecular weight excluding hydrogens is 252 g/mol. The fraction of sp³-hybridized carbons (Fsp3) is 0.571. The Morgan fingerprint density at radius 2 is 1.84 bits per heavy atom. The normalized spacial score (nSPS) is 19.4. The molecule has 0 radical (unpaired) electrons. The molecule has 5 heteroatoms. The van der Waals surface area contributed by atoms with Crippen LogP contribution in [0, 0.1) is 11.6 Å². The summed E-state index contributed by atoms with van der Waals surface area (Å²) >= 11 is 0. The van der Waals surface area contributed by atoms with Crippen LogP contribution in [0.2, 0.25) is 0 Å². The average Bonchev–Trinajstić information content (AvgIpc) is 2.42. The van der Waals surface area contributed by atoms with Crippen molar-refractivity contribution in [3.8, 4) is 0 Å². The summed E-state index contributed by atoms with van der Waals surface area (Å²) in [6, 6.07) is 3.52. The minimum Gasteiger partial charge on any atom is -0.386 e. The number of benzene rings is 1. The third kappa shape index (κ3) is 2.94. The number of hydrogen-bond donors (Lipinski definition) is 1. The molecule has 1 aliphatic heterocycles. The van der Waals surface area contributed by atoms with Crippen LogP contribution in [0.3, 0.4) is 0 Å². The van der Waals surface area contributed by atoms with E-state index in [2.05, 4.69) is 4.90 Å². The largest absolute Gasteiger partial charge is 0.386 e. The molecule has 0 spiro atoms. The Labute approximate surface area is 111 Å². The second-order valence-electron chi connectivity index (χ2n) is 5.33. The quantitative estimate of drug-likeness (QED) is 0.914. The molecule has 1 unspecified atom stereocenters. The van der Waals surface area contributed by atoms with Gasteiger partial charge in [-0.25, -0.2) is 8.78 Å². The number of hydrogen-bond acceptors (Lipinski definition) is 3. The minimum absolute atomic E-state index is 0.385. The molecule has 0 amide bonds. The van der Waals surface area contributed by atoms with Gasteiger partial charge in [-0.05, 0) is 31.5 Å². The van der Waals surface area contributed by atoms with E-state index in [1.807, 2.05) is 13.8 Å². The van der Waals surface area contributed by atoms with Gasteiger partial charge in [0, 0.05) is 18.6 Å². The highest BCUT2D eigenvalue weighted by Crippen LogP contribution is 2.32. The monoisotopic (exact) mass is 271 g/mol. The summed E-state index contributed by atoms with van der Waals surface area (Å²) in [5.41, 5.74) is -0.177. The molecule has 1 saturated heterocycles. The lowest BCUT2D eigenvalue weighted by Gasteiger charge is -2.43. The van der Waals surface area contributed by atoms with Crippen LogP contribution in [0.25, 0.3) is 0 Å². The van der Waals surface area contributed by atoms with Gasteiger partial charge in [0.25, 0.3) is 0 Å². The summed E-state index contributed by atoms with van der Waals surface area (Å²) in [5.74, 6) is -1.84. The molecule has 106 valence electrons. The van der Waals surface area contributed by atoms with Gasteiger partial charge in [-0.1, -0.05) is 6.07 Å². The Balaban J connectivity index is 2.20. The molecule has 1 heterocycles. The van der Waals surface area contributed by atoms with E-state index in [0.717, 1.165) is 12.1 Å². The molecule has 2 rings (SSSR count). The Morgan fingerprint density at radius 1 is 1.21 bits per heavy atom. The molecule has 0 aromatic heterocycles. The molecule has 1 aliphatic rings. The van der Waals surface area contributed by atoms with Gasteiger partial charge in [-0.2, -0.15) is 0 Å². The zero-order valence-electron chi connectivity index (χ0n) is 11.2. The smallest absolute Gasteiger partial charge is 0.159 e. The van der Waals surface area contributed by atoms with E-state index in [4.69, 9.17) is 4.74 Å². The number of ether oxygens (including phenoxy) is 1. The maximum absolute atomic E-state index is 13.3. The number of halogens is 2. The van der Waals surface area contributed by atoms with Crippen molar-refractivity contribution >= 4 is 0 Å². The zero-order chi connectivity index (χ0) is 14.0. The van der Waals surface area contributed by atoms with Crippen LogP contribution in [-0.2, 0) is 4.74 Å². The number of aliphatic hydroxyl groups is 1. The maximum Gasteiger partial charge on any atom is 0.159 e. The van der Waals surface area contributed by atoms with Crippen LogP contribution < -0.4 is 0 Å². The van der Waals surface area contributed by atoms with Crippen molar-refractivity contribution in [3.63, 3.8) is 0 Å². The Hall–Kier alpha value is -1.04. The standard InChI is InChI=1S/C14H19F2NO2/c1-14(2,17-5-7-19-8-6-17)13(18)10-3-4-11(15)12(16)9-10/h3-4,9,13,18H,5-8H2,1-2H3. The summed E-state index contributed by atoms with van der Waals surface area (Å²) in [5, 5.41) is 10.4. The molecule has 0 saturated carbocycles. The second kappa shape index (κ2) is 5.53. The van der Waals surface area contributed by atoms with Crippen LogP contribution in [0.1, 0.15) is 25.5 Å². The van der Waals surface area contributed by atoms with Gasteiger partial charge >= 0.3 is 0 Å². The van der Waals surface area contributed by atoms with Crippen molar-refractivity contribution in [1.29, 1.82) is 0 Å². The van der Waals surface area contributed by atoms with Gasteiger partial charge < -0.3 is 9.84 Å². The summed E-state index contributed by atoms with van der Waals surface area (Å²) < 4.78 is 31.5. The highest BCUT2D eigenvalue weighted by molar-refractivity contribution is 5.23. The molecular formula is C14H19F2NO2. The molecule has 0 bridgehead atoms. The SMILES string of the molecule is CC(C)(C(O)c1ccc(F)c(F)c1)N1CCOCC1. The topological polar surface area (TPSA) is 32.7 Å². The number of aliphatic hydroxyl groups excluding tert-OH is 1. The first-order valence-corrected chi connectivity index (χ1v) is 6.38. The molecule has 1 N–H and O–H groups in total. The van der Waals surface area contributed by atoms with Crippen LogP contribution in [0.5, 0.6) is 0 Å². The molecule has 1 aromatic rings. The number of nitrogens with zero attached hydrogens (tertiary/aromatic N) is 1. The summed E-state index contributed by atoms with van der Waals surface area (Å²) in [4.78, 5) is 2.10. The van der Waals surface area contributed by atoms with Gasteiger partial charge in [0.1, 0.15) is 0 Å². The number of morpholine rings is 1. The van der Waals surface area contributed by atoms with Crippen LogP contribution in [0.4, 0.5) is 8.78 Å².